The molecule has 0 heterocycles. The van der Waals surface area contributed by atoms with Crippen molar-refractivity contribution >= 4 is 17.9 Å². The molecule has 1 unspecified atom stereocenters. The van der Waals surface area contributed by atoms with Crippen LogP contribution in [0.5, 0.6) is 0 Å². The summed E-state index contributed by atoms with van der Waals surface area (Å²) in [6.07, 6.45) is 20.9. The van der Waals surface area contributed by atoms with Crippen molar-refractivity contribution < 1.29 is 28.6 Å². The molecule has 228 valence electrons. The molecule has 1 aromatic carbocycles. The lowest BCUT2D eigenvalue weighted by Gasteiger charge is -2.18. The van der Waals surface area contributed by atoms with E-state index in [0.29, 0.717) is 18.4 Å². The molecule has 0 N–H and O–H groups in total. The maximum Gasteiger partial charge on any atom is 0.338 e. The van der Waals surface area contributed by atoms with Crippen molar-refractivity contribution in [1.29, 1.82) is 0 Å². The standard InChI is InChI=1S/C34H56O6/c1-3-5-7-9-11-13-15-17-22-26-32(35)38-28-31(29-39-34(37)30-24-20-19-21-25-30)40-33(36)27-23-18-16-14-12-10-8-6-4-2/h19-21,24-25,31H,3-18,22-23,26-29H2,1-2H3. The van der Waals surface area contributed by atoms with Gasteiger partial charge in [0, 0.05) is 12.8 Å². The SMILES string of the molecule is CCCCCCCCCCCC(=O)OCC(COC(=O)c1ccccc1)OC(=O)CCCCCCCCCCC. The molecule has 0 aliphatic rings. The number of esters is 3. The van der Waals surface area contributed by atoms with Crippen LogP contribution < -0.4 is 0 Å². The second kappa shape index (κ2) is 25.6. The predicted molar refractivity (Wildman–Crippen MR) is 161 cm³/mol. The number of hydrogen-bond acceptors (Lipinski definition) is 6. The lowest BCUT2D eigenvalue weighted by Crippen LogP contribution is -2.30. The van der Waals surface area contributed by atoms with Crippen LogP contribution in [0.1, 0.15) is 153 Å². The summed E-state index contributed by atoms with van der Waals surface area (Å²) in [5, 5.41) is 0. The average Bonchev–Trinajstić information content (AvgIpc) is 2.97. The third kappa shape index (κ3) is 20.5. The van der Waals surface area contributed by atoms with Crippen LogP contribution in [0.15, 0.2) is 30.3 Å². The van der Waals surface area contributed by atoms with E-state index in [1.54, 1.807) is 24.3 Å². The summed E-state index contributed by atoms with van der Waals surface area (Å²) in [5.41, 5.74) is 0.421. The number of unbranched alkanes of at least 4 members (excludes halogenated alkanes) is 16. The first-order valence-electron chi connectivity index (χ1n) is 16.1. The lowest BCUT2D eigenvalue weighted by atomic mass is 10.1. The van der Waals surface area contributed by atoms with Crippen molar-refractivity contribution in [3.05, 3.63) is 35.9 Å². The minimum Gasteiger partial charge on any atom is -0.462 e. The molecular formula is C34H56O6. The maximum atomic E-state index is 12.5. The van der Waals surface area contributed by atoms with E-state index < -0.39 is 12.1 Å². The number of benzene rings is 1. The molecule has 40 heavy (non-hydrogen) atoms. The highest BCUT2D eigenvalue weighted by atomic mass is 16.6. The molecule has 6 nitrogen and oxygen atoms in total. The van der Waals surface area contributed by atoms with Gasteiger partial charge in [-0.05, 0) is 25.0 Å². The van der Waals surface area contributed by atoms with Crippen LogP contribution in [-0.2, 0) is 23.8 Å². The Morgan fingerprint density at radius 2 is 0.975 bits per heavy atom. The fourth-order valence-corrected chi connectivity index (χ4v) is 4.61. The van der Waals surface area contributed by atoms with Crippen molar-refractivity contribution in [3.8, 4) is 0 Å². The van der Waals surface area contributed by atoms with E-state index in [9.17, 15) is 14.4 Å². The minimum absolute atomic E-state index is 0.109. The van der Waals surface area contributed by atoms with E-state index in [0.717, 1.165) is 38.5 Å². The van der Waals surface area contributed by atoms with E-state index in [4.69, 9.17) is 14.2 Å². The Morgan fingerprint density at radius 1 is 0.550 bits per heavy atom. The molecule has 0 radical (unpaired) electrons. The van der Waals surface area contributed by atoms with E-state index in [1.165, 1.54) is 77.0 Å². The summed E-state index contributed by atoms with van der Waals surface area (Å²) in [6.45, 7) is 4.19. The van der Waals surface area contributed by atoms with E-state index in [-0.39, 0.29) is 25.2 Å². The van der Waals surface area contributed by atoms with Gasteiger partial charge in [0.1, 0.15) is 13.2 Å². The van der Waals surface area contributed by atoms with Gasteiger partial charge in [0.15, 0.2) is 6.10 Å². The minimum atomic E-state index is -0.814. The Bertz CT molecular complexity index is 763. The first kappa shape index (κ1) is 35.7. The van der Waals surface area contributed by atoms with Crippen molar-refractivity contribution in [2.75, 3.05) is 13.2 Å². The molecular weight excluding hydrogens is 504 g/mol. The summed E-state index contributed by atoms with van der Waals surface area (Å²) in [7, 11) is 0. The zero-order valence-corrected chi connectivity index (χ0v) is 25.5. The molecule has 1 atom stereocenters. The number of ether oxygens (including phenoxy) is 3. The Hall–Kier alpha value is -2.37. The van der Waals surface area contributed by atoms with Crippen molar-refractivity contribution in [3.63, 3.8) is 0 Å². The van der Waals surface area contributed by atoms with Gasteiger partial charge in [-0.1, -0.05) is 135 Å². The molecule has 0 aliphatic carbocycles. The summed E-state index contributed by atoms with van der Waals surface area (Å²) in [6, 6.07) is 8.67. The molecule has 0 bridgehead atoms. The third-order valence-corrected chi connectivity index (χ3v) is 7.11. The molecule has 1 rings (SSSR count). The second-order valence-electron chi connectivity index (χ2n) is 10.9. The highest BCUT2D eigenvalue weighted by Crippen LogP contribution is 2.13. The summed E-state index contributed by atoms with van der Waals surface area (Å²) in [5.74, 6) is -1.15. The monoisotopic (exact) mass is 560 g/mol. The van der Waals surface area contributed by atoms with Crippen LogP contribution in [-0.4, -0.2) is 37.2 Å². The Kier molecular flexibility index (Phi) is 22.8. The third-order valence-electron chi connectivity index (χ3n) is 7.11. The Morgan fingerprint density at radius 3 is 1.48 bits per heavy atom. The number of rotatable bonds is 26. The number of carbonyl (C=O) groups excluding carboxylic acids is 3. The summed E-state index contributed by atoms with van der Waals surface area (Å²) in [4.78, 5) is 37.1. The largest absolute Gasteiger partial charge is 0.462 e. The quantitative estimate of drug-likeness (QED) is 0.0638. The van der Waals surface area contributed by atoms with Gasteiger partial charge in [-0.15, -0.1) is 0 Å². The molecule has 0 fully saturated rings. The molecule has 0 saturated heterocycles. The van der Waals surface area contributed by atoms with Crippen LogP contribution in [0.2, 0.25) is 0 Å². The van der Waals surface area contributed by atoms with Crippen molar-refractivity contribution in [2.45, 2.75) is 148 Å². The highest BCUT2D eigenvalue weighted by molar-refractivity contribution is 5.89. The lowest BCUT2D eigenvalue weighted by molar-refractivity contribution is -0.161. The normalized spacial score (nSPS) is 11.7. The Balaban J connectivity index is 2.34. The molecule has 0 spiro atoms. The summed E-state index contributed by atoms with van der Waals surface area (Å²) >= 11 is 0. The van der Waals surface area contributed by atoms with Crippen LogP contribution in [0, 0.1) is 0 Å². The Labute approximate surface area is 243 Å². The van der Waals surface area contributed by atoms with Gasteiger partial charge >= 0.3 is 17.9 Å². The smallest absolute Gasteiger partial charge is 0.338 e. The van der Waals surface area contributed by atoms with Crippen LogP contribution in [0.4, 0.5) is 0 Å². The highest BCUT2D eigenvalue weighted by Gasteiger charge is 2.20. The van der Waals surface area contributed by atoms with Gasteiger partial charge < -0.3 is 14.2 Å². The van der Waals surface area contributed by atoms with E-state index in [2.05, 4.69) is 13.8 Å². The topological polar surface area (TPSA) is 78.9 Å². The first-order chi connectivity index (χ1) is 19.6. The fourth-order valence-electron chi connectivity index (χ4n) is 4.61. The molecule has 0 aromatic heterocycles. The fraction of sp³-hybridized carbons (Fsp3) is 0.735. The maximum absolute atomic E-state index is 12.5. The number of hydrogen-bond donors (Lipinski definition) is 0. The van der Waals surface area contributed by atoms with Crippen LogP contribution >= 0.6 is 0 Å². The molecule has 1 aromatic rings. The van der Waals surface area contributed by atoms with Gasteiger partial charge in [0.25, 0.3) is 0 Å². The van der Waals surface area contributed by atoms with E-state index in [1.807, 2.05) is 6.07 Å². The van der Waals surface area contributed by atoms with Crippen molar-refractivity contribution in [1.82, 2.24) is 0 Å². The van der Waals surface area contributed by atoms with Crippen molar-refractivity contribution in [2.24, 2.45) is 0 Å². The van der Waals surface area contributed by atoms with Gasteiger partial charge in [-0.2, -0.15) is 0 Å². The molecule has 0 saturated carbocycles. The molecule has 6 heteroatoms. The molecule has 0 aliphatic heterocycles. The first-order valence-corrected chi connectivity index (χ1v) is 16.1. The number of carbonyl (C=O) groups is 3. The molecule has 0 amide bonds. The second-order valence-corrected chi connectivity index (χ2v) is 10.9. The zero-order valence-electron chi connectivity index (χ0n) is 25.5. The van der Waals surface area contributed by atoms with Gasteiger partial charge in [0.2, 0.25) is 0 Å². The average molecular weight is 561 g/mol. The zero-order chi connectivity index (χ0) is 29.1. The van der Waals surface area contributed by atoms with E-state index >= 15 is 0 Å². The van der Waals surface area contributed by atoms with Crippen LogP contribution in [0.25, 0.3) is 0 Å². The van der Waals surface area contributed by atoms with Gasteiger partial charge in [-0.25, -0.2) is 4.79 Å². The van der Waals surface area contributed by atoms with Gasteiger partial charge in [-0.3, -0.25) is 9.59 Å². The predicted octanol–water partition coefficient (Wildman–Crippen LogP) is 9.14. The summed E-state index contributed by atoms with van der Waals surface area (Å²) < 4.78 is 16.3. The van der Waals surface area contributed by atoms with Crippen LogP contribution in [0.3, 0.4) is 0 Å². The van der Waals surface area contributed by atoms with Gasteiger partial charge in [0.05, 0.1) is 5.56 Å².